The second-order valence-electron chi connectivity index (χ2n) is 8.64. The van der Waals surface area contributed by atoms with Crippen molar-refractivity contribution in [2.24, 2.45) is 11.7 Å². The highest BCUT2D eigenvalue weighted by molar-refractivity contribution is 6.31. The number of halogens is 1. The van der Waals surface area contributed by atoms with Crippen LogP contribution in [0.1, 0.15) is 60.9 Å². The number of nitrogens with zero attached hydrogens (tertiary/aromatic N) is 1. The molecule has 0 heterocycles. The largest absolute Gasteiger partial charge is 0.497 e. The zero-order valence-electron chi connectivity index (χ0n) is 19.3. The Morgan fingerprint density at radius 1 is 1.15 bits per heavy atom. The maximum atomic E-state index is 13.2. The standard InChI is InChI=1S/C26H34ClN3O3/c1-33-23-11-8-20(9-12-23)26(32)30(16-4-15-28)18-21-17-22(10-13-24(21)27)29-25(31)14-7-19-5-2-3-6-19/h8-13,17,19H,2-7,14-16,18,28H2,1H3,(H,29,31). The molecule has 3 N–H and O–H groups in total. The van der Waals surface area contributed by atoms with Crippen molar-refractivity contribution in [1.82, 2.24) is 4.90 Å². The van der Waals surface area contributed by atoms with Gasteiger partial charge in [0.1, 0.15) is 5.75 Å². The molecule has 1 aliphatic rings. The fraction of sp³-hybridized carbons (Fsp3) is 0.462. The van der Waals surface area contributed by atoms with Gasteiger partial charge in [0, 0.05) is 35.8 Å². The minimum absolute atomic E-state index is 0.0180. The van der Waals surface area contributed by atoms with E-state index >= 15 is 0 Å². The molecule has 2 amide bonds. The first-order valence-electron chi connectivity index (χ1n) is 11.7. The molecule has 1 aliphatic carbocycles. The summed E-state index contributed by atoms with van der Waals surface area (Å²) in [7, 11) is 1.59. The first-order valence-corrected chi connectivity index (χ1v) is 12.1. The summed E-state index contributed by atoms with van der Waals surface area (Å²) < 4.78 is 5.18. The predicted molar refractivity (Wildman–Crippen MR) is 133 cm³/mol. The summed E-state index contributed by atoms with van der Waals surface area (Å²) in [5, 5.41) is 3.54. The van der Waals surface area contributed by atoms with Gasteiger partial charge in [0.2, 0.25) is 5.91 Å². The van der Waals surface area contributed by atoms with Crippen LogP contribution in [0.4, 0.5) is 5.69 Å². The lowest BCUT2D eigenvalue weighted by Crippen LogP contribution is -2.32. The van der Waals surface area contributed by atoms with E-state index in [1.807, 2.05) is 6.07 Å². The first-order chi connectivity index (χ1) is 16.0. The van der Waals surface area contributed by atoms with Crippen LogP contribution in [0.15, 0.2) is 42.5 Å². The monoisotopic (exact) mass is 471 g/mol. The number of benzene rings is 2. The van der Waals surface area contributed by atoms with E-state index in [1.54, 1.807) is 48.4 Å². The normalized spacial score (nSPS) is 13.7. The average Bonchev–Trinajstić information content (AvgIpc) is 3.36. The zero-order chi connectivity index (χ0) is 23.6. The fourth-order valence-corrected chi connectivity index (χ4v) is 4.47. The molecule has 0 atom stereocenters. The fourth-order valence-electron chi connectivity index (χ4n) is 4.29. The van der Waals surface area contributed by atoms with Gasteiger partial charge in [-0.15, -0.1) is 0 Å². The molecule has 0 bridgehead atoms. The molecule has 1 saturated carbocycles. The number of rotatable bonds is 11. The molecule has 178 valence electrons. The van der Waals surface area contributed by atoms with Crippen molar-refractivity contribution < 1.29 is 14.3 Å². The van der Waals surface area contributed by atoms with E-state index in [9.17, 15) is 9.59 Å². The van der Waals surface area contributed by atoms with Crippen LogP contribution in [0.3, 0.4) is 0 Å². The van der Waals surface area contributed by atoms with Crippen molar-refractivity contribution in [3.63, 3.8) is 0 Å². The second kappa shape index (κ2) is 12.6. The quantitative estimate of drug-likeness (QED) is 0.468. The van der Waals surface area contributed by atoms with Crippen LogP contribution < -0.4 is 15.8 Å². The number of hydrogen-bond acceptors (Lipinski definition) is 4. The summed E-state index contributed by atoms with van der Waals surface area (Å²) in [6.45, 7) is 1.32. The van der Waals surface area contributed by atoms with Gasteiger partial charge in [-0.25, -0.2) is 0 Å². The number of nitrogens with one attached hydrogen (secondary N) is 1. The number of methoxy groups -OCH3 is 1. The third-order valence-corrected chi connectivity index (χ3v) is 6.57. The SMILES string of the molecule is COc1ccc(C(=O)N(CCCN)Cc2cc(NC(=O)CCC3CCCC3)ccc2Cl)cc1. The minimum atomic E-state index is -0.104. The van der Waals surface area contributed by atoms with Crippen LogP contribution in [0.5, 0.6) is 5.75 Å². The topological polar surface area (TPSA) is 84.7 Å². The molecule has 7 heteroatoms. The number of anilines is 1. The highest BCUT2D eigenvalue weighted by Gasteiger charge is 2.19. The number of nitrogens with two attached hydrogens (primary N) is 1. The Morgan fingerprint density at radius 3 is 2.55 bits per heavy atom. The minimum Gasteiger partial charge on any atom is -0.497 e. The van der Waals surface area contributed by atoms with E-state index in [4.69, 9.17) is 22.1 Å². The highest BCUT2D eigenvalue weighted by atomic mass is 35.5. The summed E-state index contributed by atoms with van der Waals surface area (Å²) in [5.74, 6) is 1.29. The molecule has 0 spiro atoms. The van der Waals surface area contributed by atoms with Gasteiger partial charge in [-0.3, -0.25) is 9.59 Å². The average molecular weight is 472 g/mol. The number of carbonyl (C=O) groups excluding carboxylic acids is 2. The van der Waals surface area contributed by atoms with Gasteiger partial charge in [-0.05, 0) is 73.3 Å². The van der Waals surface area contributed by atoms with Gasteiger partial charge in [-0.2, -0.15) is 0 Å². The Balaban J connectivity index is 1.68. The molecule has 0 saturated heterocycles. The van der Waals surface area contributed by atoms with Crippen LogP contribution in [0.2, 0.25) is 5.02 Å². The lowest BCUT2D eigenvalue weighted by Gasteiger charge is -2.24. The molecule has 3 rings (SSSR count). The van der Waals surface area contributed by atoms with E-state index in [-0.39, 0.29) is 11.8 Å². The number of amides is 2. The van der Waals surface area contributed by atoms with Crippen molar-refractivity contribution in [2.75, 3.05) is 25.5 Å². The van der Waals surface area contributed by atoms with Crippen molar-refractivity contribution in [2.45, 2.75) is 51.5 Å². The van der Waals surface area contributed by atoms with E-state index in [1.165, 1.54) is 25.7 Å². The summed E-state index contributed by atoms with van der Waals surface area (Å²) in [5.41, 5.74) is 7.75. The molecule has 1 fully saturated rings. The molecule has 0 unspecified atom stereocenters. The summed E-state index contributed by atoms with van der Waals surface area (Å²) in [6, 6.07) is 12.5. The van der Waals surface area contributed by atoms with Crippen molar-refractivity contribution in [1.29, 1.82) is 0 Å². The van der Waals surface area contributed by atoms with Crippen molar-refractivity contribution in [3.8, 4) is 5.75 Å². The zero-order valence-corrected chi connectivity index (χ0v) is 20.1. The van der Waals surface area contributed by atoms with Gasteiger partial charge in [0.05, 0.1) is 7.11 Å². The number of hydrogen-bond donors (Lipinski definition) is 2. The van der Waals surface area contributed by atoms with Gasteiger partial charge >= 0.3 is 0 Å². The van der Waals surface area contributed by atoms with Crippen LogP contribution in [0, 0.1) is 5.92 Å². The molecular formula is C26H34ClN3O3. The van der Waals surface area contributed by atoms with Gasteiger partial charge in [0.25, 0.3) is 5.91 Å². The first kappa shape index (κ1) is 25.1. The van der Waals surface area contributed by atoms with E-state index in [0.717, 1.165) is 12.0 Å². The van der Waals surface area contributed by atoms with E-state index in [2.05, 4.69) is 5.32 Å². The summed E-state index contributed by atoms with van der Waals surface area (Å²) in [4.78, 5) is 27.4. The molecule has 2 aromatic carbocycles. The van der Waals surface area contributed by atoms with E-state index < -0.39 is 0 Å². The number of ether oxygens (including phenoxy) is 1. The van der Waals surface area contributed by atoms with Crippen LogP contribution in [0.25, 0.3) is 0 Å². The Hall–Kier alpha value is -2.57. The van der Waals surface area contributed by atoms with Gasteiger partial charge in [-0.1, -0.05) is 37.3 Å². The summed E-state index contributed by atoms with van der Waals surface area (Å²) >= 11 is 6.46. The Kier molecular flexibility index (Phi) is 9.58. The molecule has 6 nitrogen and oxygen atoms in total. The van der Waals surface area contributed by atoms with Crippen LogP contribution >= 0.6 is 11.6 Å². The van der Waals surface area contributed by atoms with Gasteiger partial charge < -0.3 is 20.7 Å². The van der Waals surface area contributed by atoms with Crippen LogP contribution in [-0.4, -0.2) is 36.9 Å². The predicted octanol–water partition coefficient (Wildman–Crippen LogP) is 5.25. The highest BCUT2D eigenvalue weighted by Crippen LogP contribution is 2.29. The lowest BCUT2D eigenvalue weighted by molar-refractivity contribution is -0.116. The third kappa shape index (κ3) is 7.47. The smallest absolute Gasteiger partial charge is 0.254 e. The Bertz CT molecular complexity index is 927. The van der Waals surface area contributed by atoms with E-state index in [0.29, 0.717) is 60.4 Å². The maximum absolute atomic E-state index is 13.2. The summed E-state index contributed by atoms with van der Waals surface area (Å²) in [6.07, 6.45) is 7.18. The van der Waals surface area contributed by atoms with Crippen molar-refractivity contribution in [3.05, 3.63) is 58.6 Å². The Labute approximate surface area is 201 Å². The molecule has 0 aliphatic heterocycles. The Morgan fingerprint density at radius 2 is 1.88 bits per heavy atom. The number of carbonyl (C=O) groups is 2. The third-order valence-electron chi connectivity index (χ3n) is 6.20. The van der Waals surface area contributed by atoms with Gasteiger partial charge in [0.15, 0.2) is 0 Å². The lowest BCUT2D eigenvalue weighted by atomic mass is 10.0. The molecule has 2 aromatic rings. The molecule has 0 aromatic heterocycles. The molecule has 0 radical (unpaired) electrons. The molecular weight excluding hydrogens is 438 g/mol. The van der Waals surface area contributed by atoms with Crippen molar-refractivity contribution >= 4 is 29.1 Å². The van der Waals surface area contributed by atoms with Crippen LogP contribution in [-0.2, 0) is 11.3 Å². The second-order valence-corrected chi connectivity index (χ2v) is 9.05. The maximum Gasteiger partial charge on any atom is 0.254 e. The molecule has 33 heavy (non-hydrogen) atoms.